The molecule has 1 aliphatic heterocycles. The Morgan fingerprint density at radius 2 is 1.87 bits per heavy atom. The fourth-order valence-electron chi connectivity index (χ4n) is 3.08. The molecule has 1 aromatic carbocycles. The Bertz CT molecular complexity index is 1010. The van der Waals surface area contributed by atoms with Gasteiger partial charge in [0.15, 0.2) is 6.61 Å². The third-order valence-electron chi connectivity index (χ3n) is 4.60. The van der Waals surface area contributed by atoms with Crippen molar-refractivity contribution in [3.63, 3.8) is 0 Å². The summed E-state index contributed by atoms with van der Waals surface area (Å²) in [6.07, 6.45) is 0.548. The molecular formula is C19H20F2N2O6S2. The predicted octanol–water partition coefficient (Wildman–Crippen LogP) is 2.93. The van der Waals surface area contributed by atoms with Crippen molar-refractivity contribution >= 4 is 38.9 Å². The molecule has 0 unspecified atom stereocenters. The van der Waals surface area contributed by atoms with Gasteiger partial charge >= 0.3 is 12.6 Å². The number of nitrogens with zero attached hydrogens (tertiary/aromatic N) is 1. The van der Waals surface area contributed by atoms with Crippen LogP contribution in [0.1, 0.15) is 12.8 Å². The molecule has 31 heavy (non-hydrogen) atoms. The lowest BCUT2D eigenvalue weighted by atomic mass is 9.98. The first-order chi connectivity index (χ1) is 14.8. The maximum atomic E-state index is 12.5. The first kappa shape index (κ1) is 23.1. The Balaban J connectivity index is 1.47. The number of benzene rings is 1. The van der Waals surface area contributed by atoms with Crippen LogP contribution >= 0.6 is 11.3 Å². The summed E-state index contributed by atoms with van der Waals surface area (Å²) in [6, 6.07) is 8.83. The molecule has 1 amide bonds. The third-order valence-corrected chi connectivity index (χ3v) is 7.87. The number of sulfonamides is 1. The number of rotatable bonds is 8. The molecule has 1 aliphatic rings. The number of nitrogens with one attached hydrogen (secondary N) is 1. The molecule has 1 saturated heterocycles. The van der Waals surface area contributed by atoms with Crippen molar-refractivity contribution in [1.29, 1.82) is 0 Å². The van der Waals surface area contributed by atoms with Crippen molar-refractivity contribution in [3.05, 3.63) is 41.8 Å². The zero-order valence-electron chi connectivity index (χ0n) is 16.2. The molecule has 168 valence electrons. The fraction of sp³-hybridized carbons (Fsp3) is 0.368. The second kappa shape index (κ2) is 10.2. The minimum atomic E-state index is -3.57. The molecule has 2 aromatic rings. The molecular weight excluding hydrogens is 454 g/mol. The van der Waals surface area contributed by atoms with Gasteiger partial charge < -0.3 is 14.8 Å². The van der Waals surface area contributed by atoms with E-state index in [9.17, 15) is 26.8 Å². The van der Waals surface area contributed by atoms with E-state index in [0.717, 1.165) is 11.3 Å². The standard InChI is InChI=1S/C19H20F2N2O6S2/c20-19(21)29-15-5-2-1-4-14(15)22-16(24)12-28-18(25)13-7-9-23(10-8-13)31(26,27)17-6-3-11-30-17/h1-6,11,13,19H,7-10,12H2,(H,22,24). The van der Waals surface area contributed by atoms with Gasteiger partial charge in [0.05, 0.1) is 11.6 Å². The van der Waals surface area contributed by atoms with Crippen molar-refractivity contribution in [2.24, 2.45) is 5.92 Å². The Kier molecular flexibility index (Phi) is 7.57. The number of piperidine rings is 1. The molecule has 0 bridgehead atoms. The van der Waals surface area contributed by atoms with E-state index >= 15 is 0 Å². The van der Waals surface area contributed by atoms with Gasteiger partial charge in [0, 0.05) is 13.1 Å². The maximum Gasteiger partial charge on any atom is 0.387 e. The van der Waals surface area contributed by atoms with E-state index < -0.39 is 41.0 Å². The monoisotopic (exact) mass is 474 g/mol. The fourth-order valence-corrected chi connectivity index (χ4v) is 5.69. The van der Waals surface area contributed by atoms with Gasteiger partial charge in [-0.15, -0.1) is 11.3 Å². The average Bonchev–Trinajstić information content (AvgIpc) is 3.29. The van der Waals surface area contributed by atoms with E-state index in [-0.39, 0.29) is 41.6 Å². The zero-order chi connectivity index (χ0) is 22.4. The summed E-state index contributed by atoms with van der Waals surface area (Å²) in [6.45, 7) is -3.31. The number of hydrogen-bond acceptors (Lipinski definition) is 7. The van der Waals surface area contributed by atoms with Gasteiger partial charge in [0.25, 0.3) is 15.9 Å². The lowest BCUT2D eigenvalue weighted by Crippen LogP contribution is -2.40. The van der Waals surface area contributed by atoms with Gasteiger partial charge in [-0.2, -0.15) is 13.1 Å². The molecule has 0 spiro atoms. The number of hydrogen-bond donors (Lipinski definition) is 1. The summed E-state index contributed by atoms with van der Waals surface area (Å²) >= 11 is 1.13. The smallest absolute Gasteiger partial charge is 0.387 e. The quantitative estimate of drug-likeness (QED) is 0.591. The topological polar surface area (TPSA) is 102 Å². The van der Waals surface area contributed by atoms with Crippen molar-refractivity contribution in [2.45, 2.75) is 23.7 Å². The number of carbonyl (C=O) groups is 2. The van der Waals surface area contributed by atoms with Crippen LogP contribution in [0.5, 0.6) is 5.75 Å². The largest absolute Gasteiger partial charge is 0.455 e. The molecule has 0 atom stereocenters. The molecule has 0 aliphatic carbocycles. The van der Waals surface area contributed by atoms with Gasteiger partial charge in [-0.3, -0.25) is 9.59 Å². The Labute approximate surface area is 181 Å². The van der Waals surface area contributed by atoms with Crippen LogP contribution in [0.4, 0.5) is 14.5 Å². The molecule has 1 fully saturated rings. The number of para-hydroxylation sites is 2. The first-order valence-electron chi connectivity index (χ1n) is 9.31. The number of esters is 1. The number of ether oxygens (including phenoxy) is 2. The minimum Gasteiger partial charge on any atom is -0.455 e. The van der Waals surface area contributed by atoms with Crippen LogP contribution in [0, 0.1) is 5.92 Å². The van der Waals surface area contributed by atoms with Gasteiger partial charge in [-0.1, -0.05) is 18.2 Å². The maximum absolute atomic E-state index is 12.5. The second-order valence-electron chi connectivity index (χ2n) is 6.64. The highest BCUT2D eigenvalue weighted by Gasteiger charge is 2.33. The zero-order valence-corrected chi connectivity index (χ0v) is 17.8. The molecule has 2 heterocycles. The highest BCUT2D eigenvalue weighted by Crippen LogP contribution is 2.27. The van der Waals surface area contributed by atoms with Gasteiger partial charge in [0.1, 0.15) is 9.96 Å². The van der Waals surface area contributed by atoms with Crippen LogP contribution in [0.3, 0.4) is 0 Å². The van der Waals surface area contributed by atoms with E-state index in [1.54, 1.807) is 11.4 Å². The van der Waals surface area contributed by atoms with Crippen LogP contribution in [-0.2, 0) is 24.3 Å². The Hall–Kier alpha value is -2.57. The van der Waals surface area contributed by atoms with Gasteiger partial charge in [-0.25, -0.2) is 8.42 Å². The molecule has 0 radical (unpaired) electrons. The van der Waals surface area contributed by atoms with Crippen molar-refractivity contribution < 1.29 is 36.3 Å². The van der Waals surface area contributed by atoms with E-state index in [1.165, 1.54) is 34.6 Å². The van der Waals surface area contributed by atoms with Gasteiger partial charge in [0.2, 0.25) is 0 Å². The molecule has 3 rings (SSSR count). The number of halogens is 2. The second-order valence-corrected chi connectivity index (χ2v) is 9.75. The SMILES string of the molecule is O=C(COC(=O)C1CCN(S(=O)(=O)c2cccs2)CC1)Nc1ccccc1OC(F)F. The number of anilines is 1. The van der Waals surface area contributed by atoms with Crippen LogP contribution < -0.4 is 10.1 Å². The normalized spacial score (nSPS) is 15.6. The highest BCUT2D eigenvalue weighted by atomic mass is 32.2. The van der Waals surface area contributed by atoms with E-state index in [0.29, 0.717) is 0 Å². The number of alkyl halides is 2. The van der Waals surface area contributed by atoms with E-state index in [1.807, 2.05) is 0 Å². The average molecular weight is 475 g/mol. The Morgan fingerprint density at radius 3 is 2.52 bits per heavy atom. The summed E-state index contributed by atoms with van der Waals surface area (Å²) in [4.78, 5) is 24.3. The molecule has 1 aromatic heterocycles. The van der Waals surface area contributed by atoms with Gasteiger partial charge in [-0.05, 0) is 36.4 Å². The van der Waals surface area contributed by atoms with Crippen LogP contribution in [-0.4, -0.2) is 50.9 Å². The number of amides is 1. The summed E-state index contributed by atoms with van der Waals surface area (Å²) in [7, 11) is -3.57. The summed E-state index contributed by atoms with van der Waals surface area (Å²) in [5.41, 5.74) is 0.0240. The van der Waals surface area contributed by atoms with Crippen LogP contribution in [0.15, 0.2) is 46.0 Å². The number of carbonyl (C=O) groups excluding carboxylic acids is 2. The van der Waals surface area contributed by atoms with E-state index in [4.69, 9.17) is 4.74 Å². The van der Waals surface area contributed by atoms with Crippen molar-refractivity contribution in [2.75, 3.05) is 25.0 Å². The molecule has 12 heteroatoms. The van der Waals surface area contributed by atoms with E-state index in [2.05, 4.69) is 10.1 Å². The molecule has 1 N–H and O–H groups in total. The van der Waals surface area contributed by atoms with Crippen molar-refractivity contribution in [1.82, 2.24) is 4.31 Å². The Morgan fingerprint density at radius 1 is 1.16 bits per heavy atom. The van der Waals surface area contributed by atoms with Crippen LogP contribution in [0.25, 0.3) is 0 Å². The lowest BCUT2D eigenvalue weighted by molar-refractivity contribution is -0.152. The lowest BCUT2D eigenvalue weighted by Gasteiger charge is -2.29. The molecule has 8 nitrogen and oxygen atoms in total. The molecule has 0 saturated carbocycles. The van der Waals surface area contributed by atoms with Crippen molar-refractivity contribution in [3.8, 4) is 5.75 Å². The minimum absolute atomic E-state index is 0.0240. The highest BCUT2D eigenvalue weighted by molar-refractivity contribution is 7.91. The predicted molar refractivity (Wildman–Crippen MR) is 108 cm³/mol. The summed E-state index contributed by atoms with van der Waals surface area (Å²) in [5.74, 6) is -2.06. The summed E-state index contributed by atoms with van der Waals surface area (Å²) in [5, 5.41) is 4.04. The first-order valence-corrected chi connectivity index (χ1v) is 11.6. The third kappa shape index (κ3) is 5.99. The number of thiophene rings is 1. The summed E-state index contributed by atoms with van der Waals surface area (Å²) < 4.78 is 60.8. The van der Waals surface area contributed by atoms with Crippen LogP contribution in [0.2, 0.25) is 0 Å².